The van der Waals surface area contributed by atoms with Gasteiger partial charge in [-0.2, -0.15) is 0 Å². The lowest BCUT2D eigenvalue weighted by Gasteiger charge is -2.30. The molecule has 1 aliphatic rings. The number of nitrogens with one attached hydrogen (secondary N) is 1. The number of para-hydroxylation sites is 1. The van der Waals surface area contributed by atoms with Crippen LogP contribution >= 0.6 is 11.6 Å². The van der Waals surface area contributed by atoms with Gasteiger partial charge in [-0.3, -0.25) is 9.10 Å². The molecule has 0 atom stereocenters. The topological polar surface area (TPSA) is 66.5 Å². The summed E-state index contributed by atoms with van der Waals surface area (Å²) in [5, 5.41) is 3.37. The Labute approximate surface area is 187 Å². The van der Waals surface area contributed by atoms with Crippen molar-refractivity contribution < 1.29 is 13.2 Å². The van der Waals surface area contributed by atoms with Crippen LogP contribution in [0.5, 0.6) is 0 Å². The first-order chi connectivity index (χ1) is 14.9. The number of amides is 1. The molecule has 7 heteroatoms. The predicted molar refractivity (Wildman–Crippen MR) is 125 cm³/mol. The molecule has 0 spiro atoms. The standard InChI is InChI=1S/C24H21ClN2O3S/c25-20-10-7-18(8-11-20)9-16-24(28)26-21-12-14-22(15-13-21)31(29,30)27-17-3-5-19-4-1-2-6-23(19)27/h1-2,4,6-16H,3,5,17H2,(H,26,28)/b16-9+. The van der Waals surface area contributed by atoms with Crippen molar-refractivity contribution in [3.63, 3.8) is 0 Å². The molecule has 3 aromatic carbocycles. The largest absolute Gasteiger partial charge is 0.323 e. The monoisotopic (exact) mass is 452 g/mol. The van der Waals surface area contributed by atoms with Crippen LogP contribution in [0.4, 0.5) is 11.4 Å². The molecule has 0 bridgehead atoms. The van der Waals surface area contributed by atoms with E-state index in [-0.39, 0.29) is 10.8 Å². The summed E-state index contributed by atoms with van der Waals surface area (Å²) in [7, 11) is -3.67. The minimum atomic E-state index is -3.67. The van der Waals surface area contributed by atoms with E-state index < -0.39 is 10.0 Å². The van der Waals surface area contributed by atoms with E-state index in [1.807, 2.05) is 36.4 Å². The van der Waals surface area contributed by atoms with E-state index in [1.165, 1.54) is 22.5 Å². The second kappa shape index (κ2) is 8.96. The number of hydrogen-bond acceptors (Lipinski definition) is 3. The van der Waals surface area contributed by atoms with Gasteiger partial charge in [0.1, 0.15) is 0 Å². The first-order valence-corrected chi connectivity index (χ1v) is 11.7. The fourth-order valence-corrected chi connectivity index (χ4v) is 5.18. The minimum Gasteiger partial charge on any atom is -0.323 e. The number of carbonyl (C=O) groups is 1. The van der Waals surface area contributed by atoms with Crippen molar-refractivity contribution in [3.8, 4) is 0 Å². The number of nitrogens with zero attached hydrogens (tertiary/aromatic N) is 1. The number of benzene rings is 3. The average Bonchev–Trinajstić information content (AvgIpc) is 2.78. The summed E-state index contributed by atoms with van der Waals surface area (Å²) >= 11 is 5.85. The van der Waals surface area contributed by atoms with Crippen molar-refractivity contribution in [3.05, 3.63) is 95.0 Å². The van der Waals surface area contributed by atoms with Crippen LogP contribution in [0.1, 0.15) is 17.5 Å². The van der Waals surface area contributed by atoms with Gasteiger partial charge in [0.2, 0.25) is 5.91 Å². The Morgan fingerprint density at radius 2 is 1.68 bits per heavy atom. The highest BCUT2D eigenvalue weighted by atomic mass is 35.5. The number of halogens is 1. The van der Waals surface area contributed by atoms with Gasteiger partial charge in [-0.25, -0.2) is 8.42 Å². The number of hydrogen-bond donors (Lipinski definition) is 1. The van der Waals surface area contributed by atoms with Crippen molar-refractivity contribution in [2.75, 3.05) is 16.2 Å². The number of anilines is 2. The molecule has 158 valence electrons. The van der Waals surface area contributed by atoms with Gasteiger partial charge in [-0.05, 0) is 72.5 Å². The van der Waals surface area contributed by atoms with E-state index in [1.54, 1.807) is 30.3 Å². The van der Waals surface area contributed by atoms with E-state index in [0.717, 1.165) is 29.7 Å². The van der Waals surface area contributed by atoms with Gasteiger partial charge in [0.15, 0.2) is 0 Å². The molecule has 0 saturated heterocycles. The third-order valence-corrected chi connectivity index (χ3v) is 7.15. The molecule has 3 aromatic rings. The number of carbonyl (C=O) groups excluding carboxylic acids is 1. The molecule has 0 saturated carbocycles. The zero-order valence-corrected chi connectivity index (χ0v) is 18.2. The van der Waals surface area contributed by atoms with E-state index in [2.05, 4.69) is 5.32 Å². The summed E-state index contributed by atoms with van der Waals surface area (Å²) in [4.78, 5) is 12.4. The first kappa shape index (κ1) is 21.2. The van der Waals surface area contributed by atoms with Crippen LogP contribution in [0.3, 0.4) is 0 Å². The Morgan fingerprint density at radius 1 is 0.968 bits per heavy atom. The highest BCUT2D eigenvalue weighted by Gasteiger charge is 2.28. The Hall–Kier alpha value is -3.09. The summed E-state index contributed by atoms with van der Waals surface area (Å²) in [5.74, 6) is -0.310. The average molecular weight is 453 g/mol. The molecule has 31 heavy (non-hydrogen) atoms. The molecular weight excluding hydrogens is 432 g/mol. The van der Waals surface area contributed by atoms with E-state index in [9.17, 15) is 13.2 Å². The molecule has 0 fully saturated rings. The highest BCUT2D eigenvalue weighted by Crippen LogP contribution is 2.32. The summed E-state index contributed by atoms with van der Waals surface area (Å²) in [6, 6.07) is 20.9. The Balaban J connectivity index is 1.47. The predicted octanol–water partition coefficient (Wildman–Crippen LogP) is 5.13. The van der Waals surface area contributed by atoms with Crippen molar-refractivity contribution in [1.29, 1.82) is 0 Å². The van der Waals surface area contributed by atoms with Gasteiger partial charge < -0.3 is 5.32 Å². The molecule has 1 amide bonds. The van der Waals surface area contributed by atoms with E-state index >= 15 is 0 Å². The maximum Gasteiger partial charge on any atom is 0.264 e. The molecule has 0 unspecified atom stereocenters. The Bertz CT molecular complexity index is 1220. The number of fused-ring (bicyclic) bond motifs is 1. The quantitative estimate of drug-likeness (QED) is 0.545. The molecule has 1 aliphatic heterocycles. The van der Waals surface area contributed by atoms with Crippen LogP contribution in [-0.2, 0) is 21.2 Å². The third-order valence-electron chi connectivity index (χ3n) is 5.07. The number of sulfonamides is 1. The molecule has 4 rings (SSSR count). The van der Waals surface area contributed by atoms with Gasteiger partial charge >= 0.3 is 0 Å². The van der Waals surface area contributed by atoms with E-state index in [4.69, 9.17) is 11.6 Å². The summed E-state index contributed by atoms with van der Waals surface area (Å²) < 4.78 is 27.8. The lowest BCUT2D eigenvalue weighted by molar-refractivity contribution is -0.111. The van der Waals surface area contributed by atoms with E-state index in [0.29, 0.717) is 17.3 Å². The molecule has 1 N–H and O–H groups in total. The lowest BCUT2D eigenvalue weighted by atomic mass is 10.0. The summed E-state index contributed by atoms with van der Waals surface area (Å²) in [6.07, 6.45) is 4.75. The smallest absolute Gasteiger partial charge is 0.264 e. The zero-order chi connectivity index (χ0) is 21.8. The highest BCUT2D eigenvalue weighted by molar-refractivity contribution is 7.92. The zero-order valence-electron chi connectivity index (χ0n) is 16.7. The second-order valence-electron chi connectivity index (χ2n) is 7.21. The molecule has 1 heterocycles. The van der Waals surface area contributed by atoms with Crippen molar-refractivity contribution >= 4 is 45.0 Å². The van der Waals surface area contributed by atoms with Gasteiger partial charge in [0, 0.05) is 23.3 Å². The van der Waals surface area contributed by atoms with Crippen molar-refractivity contribution in [2.24, 2.45) is 0 Å². The van der Waals surface area contributed by atoms with Crippen LogP contribution in [-0.4, -0.2) is 20.9 Å². The molecule has 0 aliphatic carbocycles. The summed E-state index contributed by atoms with van der Waals surface area (Å²) in [5.41, 5.74) is 3.14. The van der Waals surface area contributed by atoms with Crippen LogP contribution < -0.4 is 9.62 Å². The van der Waals surface area contributed by atoms with Crippen molar-refractivity contribution in [1.82, 2.24) is 0 Å². The van der Waals surface area contributed by atoms with Gasteiger partial charge in [0.25, 0.3) is 10.0 Å². The molecule has 5 nitrogen and oxygen atoms in total. The van der Waals surface area contributed by atoms with Crippen LogP contribution in [0.2, 0.25) is 5.02 Å². The number of aryl methyl sites for hydroxylation is 1. The van der Waals surface area contributed by atoms with Crippen molar-refractivity contribution in [2.45, 2.75) is 17.7 Å². The maximum atomic E-state index is 13.2. The van der Waals surface area contributed by atoms with Crippen LogP contribution in [0.15, 0.2) is 83.8 Å². The van der Waals surface area contributed by atoms with Gasteiger partial charge in [0.05, 0.1) is 10.6 Å². The normalized spacial score (nSPS) is 13.8. The first-order valence-electron chi connectivity index (χ1n) is 9.89. The Morgan fingerprint density at radius 3 is 2.42 bits per heavy atom. The Kier molecular flexibility index (Phi) is 6.11. The fraction of sp³-hybridized carbons (Fsp3) is 0.125. The SMILES string of the molecule is O=C(/C=C/c1ccc(Cl)cc1)Nc1ccc(S(=O)(=O)N2CCCc3ccccc32)cc1. The fourth-order valence-electron chi connectivity index (χ4n) is 3.52. The number of rotatable bonds is 5. The molecule has 0 aromatic heterocycles. The minimum absolute atomic E-state index is 0.193. The lowest BCUT2D eigenvalue weighted by Crippen LogP contribution is -2.35. The molecular formula is C24H21ClN2O3S. The molecule has 0 radical (unpaired) electrons. The van der Waals surface area contributed by atoms with Gasteiger partial charge in [-0.15, -0.1) is 0 Å². The van der Waals surface area contributed by atoms with Gasteiger partial charge in [-0.1, -0.05) is 41.9 Å². The van der Waals surface area contributed by atoms with Crippen LogP contribution in [0.25, 0.3) is 6.08 Å². The summed E-state index contributed by atoms with van der Waals surface area (Å²) in [6.45, 7) is 0.452. The van der Waals surface area contributed by atoms with Crippen LogP contribution in [0, 0.1) is 0 Å². The maximum absolute atomic E-state index is 13.2. The third kappa shape index (κ3) is 4.81. The second-order valence-corrected chi connectivity index (χ2v) is 9.51.